The minimum Gasteiger partial charge on any atom is -0.312 e. The molecule has 0 amide bonds. The van der Waals surface area contributed by atoms with Gasteiger partial charge in [0.15, 0.2) is 17.5 Å². The van der Waals surface area contributed by atoms with Gasteiger partial charge in [-0.25, -0.2) is 13.2 Å². The molecule has 1 aliphatic carbocycles. The number of hydrogen-bond acceptors (Lipinski definition) is 1. The molecule has 2 unspecified atom stereocenters. The normalized spacial score (nSPS) is 18.6. The molecule has 0 saturated carbocycles. The molecule has 0 saturated heterocycles. The second-order valence-electron chi connectivity index (χ2n) is 5.37. The van der Waals surface area contributed by atoms with Crippen molar-refractivity contribution in [1.82, 2.24) is 5.32 Å². The van der Waals surface area contributed by atoms with Gasteiger partial charge in [-0.1, -0.05) is 30.3 Å². The molecule has 0 bridgehead atoms. The maximum absolute atomic E-state index is 14.1. The highest BCUT2D eigenvalue weighted by molar-refractivity contribution is 5.38. The van der Waals surface area contributed by atoms with Crippen molar-refractivity contribution in [3.05, 3.63) is 70.5 Å². The number of rotatable bonds is 3. The Hall–Kier alpha value is -1.81. The van der Waals surface area contributed by atoms with E-state index in [1.807, 2.05) is 18.2 Å². The van der Waals surface area contributed by atoms with Gasteiger partial charge >= 0.3 is 0 Å². The summed E-state index contributed by atoms with van der Waals surface area (Å²) in [5.41, 5.74) is 2.57. The fourth-order valence-corrected chi connectivity index (χ4v) is 3.29. The Bertz CT molecular complexity index is 669. The largest absolute Gasteiger partial charge is 0.312 e. The van der Waals surface area contributed by atoms with E-state index in [0.29, 0.717) is 0 Å². The molecule has 4 heteroatoms. The summed E-state index contributed by atoms with van der Waals surface area (Å²) in [5, 5.41) is 3.06. The number of aryl methyl sites for hydroxylation is 1. The van der Waals surface area contributed by atoms with E-state index in [9.17, 15) is 13.2 Å². The Morgan fingerprint density at radius 2 is 1.81 bits per heavy atom. The average Bonchev–Trinajstić information content (AvgIpc) is 2.92. The number of nitrogens with one attached hydrogen (secondary N) is 1. The van der Waals surface area contributed by atoms with E-state index in [4.69, 9.17) is 0 Å². The van der Waals surface area contributed by atoms with Gasteiger partial charge < -0.3 is 5.32 Å². The van der Waals surface area contributed by atoms with Crippen LogP contribution in [0.25, 0.3) is 0 Å². The molecule has 1 N–H and O–H groups in total. The van der Waals surface area contributed by atoms with Crippen molar-refractivity contribution in [2.75, 3.05) is 7.05 Å². The van der Waals surface area contributed by atoms with Gasteiger partial charge in [0.05, 0.1) is 0 Å². The van der Waals surface area contributed by atoms with Crippen molar-refractivity contribution in [2.24, 2.45) is 0 Å². The summed E-state index contributed by atoms with van der Waals surface area (Å²) >= 11 is 0. The predicted octanol–water partition coefficient (Wildman–Crippen LogP) is 4.09. The SMILES string of the molecule is CNC(c1ccc(F)c(F)c1F)C1CCc2ccccc21. The zero-order valence-corrected chi connectivity index (χ0v) is 11.7. The molecule has 1 aliphatic rings. The van der Waals surface area contributed by atoms with Gasteiger partial charge in [0.2, 0.25) is 0 Å². The van der Waals surface area contributed by atoms with Crippen LogP contribution in [0.3, 0.4) is 0 Å². The molecule has 1 nitrogen and oxygen atoms in total. The van der Waals surface area contributed by atoms with Gasteiger partial charge in [0.1, 0.15) is 0 Å². The lowest BCUT2D eigenvalue weighted by Crippen LogP contribution is -2.24. The quantitative estimate of drug-likeness (QED) is 0.840. The third-order valence-corrected chi connectivity index (χ3v) is 4.29. The second kappa shape index (κ2) is 5.53. The molecule has 3 rings (SSSR count). The van der Waals surface area contributed by atoms with Crippen LogP contribution in [0.2, 0.25) is 0 Å². The zero-order valence-electron chi connectivity index (χ0n) is 11.7. The van der Waals surface area contributed by atoms with Gasteiger partial charge in [0, 0.05) is 17.5 Å². The molecule has 0 radical (unpaired) electrons. The summed E-state index contributed by atoms with van der Waals surface area (Å²) in [4.78, 5) is 0. The zero-order chi connectivity index (χ0) is 15.0. The Labute approximate surface area is 121 Å². The number of fused-ring (bicyclic) bond motifs is 1. The lowest BCUT2D eigenvalue weighted by atomic mass is 9.88. The highest BCUT2D eigenvalue weighted by atomic mass is 19.2. The molecule has 2 aromatic carbocycles. The van der Waals surface area contributed by atoms with Crippen LogP contribution in [-0.2, 0) is 6.42 Å². The number of likely N-dealkylation sites (N-methyl/N-ethyl adjacent to an activating group) is 1. The lowest BCUT2D eigenvalue weighted by molar-refractivity contribution is 0.409. The standard InChI is InChI=1S/C17H16F3N/c1-21-17(13-8-9-14(18)16(20)15(13)19)12-7-6-10-4-2-3-5-11(10)12/h2-5,8-9,12,17,21H,6-7H2,1H3. The topological polar surface area (TPSA) is 12.0 Å². The molecular weight excluding hydrogens is 275 g/mol. The Kier molecular flexibility index (Phi) is 3.72. The average molecular weight is 291 g/mol. The summed E-state index contributed by atoms with van der Waals surface area (Å²) in [6.07, 6.45) is 1.79. The molecule has 0 aliphatic heterocycles. The predicted molar refractivity (Wildman–Crippen MR) is 75.6 cm³/mol. The minimum atomic E-state index is -1.40. The first-order valence-corrected chi connectivity index (χ1v) is 7.02. The molecule has 2 aromatic rings. The maximum Gasteiger partial charge on any atom is 0.194 e. The molecule has 110 valence electrons. The Morgan fingerprint density at radius 3 is 2.57 bits per heavy atom. The molecular formula is C17H16F3N. The van der Waals surface area contributed by atoms with Crippen LogP contribution < -0.4 is 5.32 Å². The third kappa shape index (κ3) is 2.33. The van der Waals surface area contributed by atoms with Gasteiger partial charge in [-0.3, -0.25) is 0 Å². The van der Waals surface area contributed by atoms with E-state index in [0.717, 1.165) is 24.5 Å². The van der Waals surface area contributed by atoms with Crippen LogP contribution in [0, 0.1) is 17.5 Å². The van der Waals surface area contributed by atoms with Crippen LogP contribution in [0.4, 0.5) is 13.2 Å². The van der Waals surface area contributed by atoms with Crippen LogP contribution in [0.1, 0.15) is 35.1 Å². The Morgan fingerprint density at radius 1 is 1.05 bits per heavy atom. The van der Waals surface area contributed by atoms with Crippen LogP contribution in [0.15, 0.2) is 36.4 Å². The van der Waals surface area contributed by atoms with E-state index in [1.54, 1.807) is 7.05 Å². The fourth-order valence-electron chi connectivity index (χ4n) is 3.29. The smallest absolute Gasteiger partial charge is 0.194 e. The maximum atomic E-state index is 14.1. The minimum absolute atomic E-state index is 0.0607. The summed E-state index contributed by atoms with van der Waals surface area (Å²) in [5.74, 6) is -3.60. The van der Waals surface area contributed by atoms with E-state index in [1.165, 1.54) is 11.6 Å². The summed E-state index contributed by atoms with van der Waals surface area (Å²) in [7, 11) is 1.71. The van der Waals surface area contributed by atoms with Crippen molar-refractivity contribution in [1.29, 1.82) is 0 Å². The molecule has 0 aromatic heterocycles. The Balaban J connectivity index is 2.03. The highest BCUT2D eigenvalue weighted by Gasteiger charge is 2.32. The molecule has 0 fully saturated rings. The monoisotopic (exact) mass is 291 g/mol. The molecule has 0 spiro atoms. The molecule has 0 heterocycles. The van der Waals surface area contributed by atoms with Gasteiger partial charge in [0.25, 0.3) is 0 Å². The number of hydrogen-bond donors (Lipinski definition) is 1. The highest BCUT2D eigenvalue weighted by Crippen LogP contribution is 2.42. The van der Waals surface area contributed by atoms with E-state index in [-0.39, 0.29) is 17.5 Å². The second-order valence-corrected chi connectivity index (χ2v) is 5.37. The van der Waals surface area contributed by atoms with Crippen LogP contribution >= 0.6 is 0 Å². The van der Waals surface area contributed by atoms with E-state index < -0.39 is 17.5 Å². The fraction of sp³-hybridized carbons (Fsp3) is 0.294. The third-order valence-electron chi connectivity index (χ3n) is 4.29. The first kappa shape index (κ1) is 14.1. The van der Waals surface area contributed by atoms with E-state index in [2.05, 4.69) is 11.4 Å². The van der Waals surface area contributed by atoms with Gasteiger partial charge in [-0.15, -0.1) is 0 Å². The van der Waals surface area contributed by atoms with Crippen LogP contribution in [0.5, 0.6) is 0 Å². The van der Waals surface area contributed by atoms with Crippen molar-refractivity contribution in [2.45, 2.75) is 24.8 Å². The van der Waals surface area contributed by atoms with Gasteiger partial charge in [-0.2, -0.15) is 0 Å². The molecule has 21 heavy (non-hydrogen) atoms. The van der Waals surface area contributed by atoms with Crippen molar-refractivity contribution in [3.63, 3.8) is 0 Å². The molecule has 2 atom stereocenters. The van der Waals surface area contributed by atoms with Gasteiger partial charge in [-0.05, 0) is 37.1 Å². The van der Waals surface area contributed by atoms with Crippen molar-refractivity contribution < 1.29 is 13.2 Å². The van der Waals surface area contributed by atoms with E-state index >= 15 is 0 Å². The van der Waals surface area contributed by atoms with Crippen molar-refractivity contribution in [3.8, 4) is 0 Å². The van der Waals surface area contributed by atoms with Crippen LogP contribution in [-0.4, -0.2) is 7.05 Å². The summed E-state index contributed by atoms with van der Waals surface area (Å²) < 4.78 is 40.7. The lowest BCUT2D eigenvalue weighted by Gasteiger charge is -2.25. The number of halogens is 3. The first-order chi connectivity index (χ1) is 10.1. The van der Waals surface area contributed by atoms with Crippen molar-refractivity contribution >= 4 is 0 Å². The summed E-state index contributed by atoms with van der Waals surface area (Å²) in [6, 6.07) is 9.95. The number of benzene rings is 2. The summed E-state index contributed by atoms with van der Waals surface area (Å²) in [6.45, 7) is 0. The first-order valence-electron chi connectivity index (χ1n) is 7.02.